The lowest BCUT2D eigenvalue weighted by atomic mass is 10.2. The van der Waals surface area contributed by atoms with Crippen LogP contribution in [0.5, 0.6) is 0 Å². The number of aryl methyl sites for hydroxylation is 1. The number of benzene rings is 1. The molecule has 2 rings (SSSR count). The van der Waals surface area contributed by atoms with Gasteiger partial charge in [-0.3, -0.25) is 0 Å². The molecular weight excluding hydrogens is 197 g/mol. The summed E-state index contributed by atoms with van der Waals surface area (Å²) in [6.45, 7) is 3.40. The lowest BCUT2D eigenvalue weighted by Gasteiger charge is -1.96. The van der Waals surface area contributed by atoms with E-state index in [0.29, 0.717) is 21.7 Å². The lowest BCUT2D eigenvalue weighted by Crippen LogP contribution is -2.29. The van der Waals surface area contributed by atoms with Gasteiger partial charge in [-0.1, -0.05) is 0 Å². The molecule has 0 atom stereocenters. The molecule has 0 aliphatic heterocycles. The fourth-order valence-corrected chi connectivity index (χ4v) is 1.32. The van der Waals surface area contributed by atoms with Crippen LogP contribution in [0, 0.1) is 24.9 Å². The maximum atomic E-state index is 12.7. The van der Waals surface area contributed by atoms with E-state index in [0.717, 1.165) is 0 Å². The van der Waals surface area contributed by atoms with Crippen LogP contribution in [0.15, 0.2) is 28.7 Å². The Morgan fingerprint density at radius 2 is 1.80 bits per heavy atom. The molecule has 3 nitrogen and oxygen atoms in total. The van der Waals surface area contributed by atoms with Crippen molar-refractivity contribution in [3.8, 4) is 11.5 Å². The van der Waals surface area contributed by atoms with Crippen molar-refractivity contribution in [2.24, 2.45) is 0 Å². The molecule has 4 heteroatoms. The topological polar surface area (TPSA) is 40.1 Å². The van der Waals surface area contributed by atoms with Gasteiger partial charge in [0.1, 0.15) is 5.82 Å². The van der Waals surface area contributed by atoms with E-state index in [1.807, 2.05) is 0 Å². The third-order valence-corrected chi connectivity index (χ3v) is 2.34. The van der Waals surface area contributed by atoms with Crippen LogP contribution in [0.2, 0.25) is 0 Å². The van der Waals surface area contributed by atoms with Crippen molar-refractivity contribution < 1.29 is 13.5 Å². The summed E-state index contributed by atoms with van der Waals surface area (Å²) in [7, 11) is 0. The highest BCUT2D eigenvalue weighted by Gasteiger charge is 2.19. The molecule has 0 fully saturated rings. The molecule has 0 radical (unpaired) electrons. The number of aromatic nitrogens is 1. The van der Waals surface area contributed by atoms with E-state index in [1.165, 1.54) is 24.3 Å². The second-order valence-corrected chi connectivity index (χ2v) is 3.35. The molecule has 1 heterocycles. The number of hydrogen-bond donors (Lipinski definition) is 0. The molecule has 15 heavy (non-hydrogen) atoms. The van der Waals surface area contributed by atoms with Crippen LogP contribution in [-0.2, 0) is 0 Å². The van der Waals surface area contributed by atoms with Crippen LogP contribution >= 0.6 is 0 Å². The van der Waals surface area contributed by atoms with Gasteiger partial charge in [-0.2, -0.15) is 0 Å². The van der Waals surface area contributed by atoms with Crippen LogP contribution in [0.1, 0.15) is 11.5 Å². The Kier molecular flexibility index (Phi) is 2.19. The van der Waals surface area contributed by atoms with Crippen molar-refractivity contribution >= 4 is 0 Å². The second kappa shape index (κ2) is 3.38. The minimum absolute atomic E-state index is 0.199. The molecule has 0 saturated heterocycles. The normalized spacial score (nSPS) is 10.6. The van der Waals surface area contributed by atoms with Gasteiger partial charge in [0.15, 0.2) is 5.76 Å². The van der Waals surface area contributed by atoms with Gasteiger partial charge in [-0.15, -0.1) is 4.73 Å². The minimum atomic E-state index is -0.337. The fourth-order valence-electron chi connectivity index (χ4n) is 1.32. The van der Waals surface area contributed by atoms with Gasteiger partial charge in [-0.25, -0.2) is 4.39 Å². The Balaban J connectivity index is 2.54. The molecule has 78 valence electrons. The Morgan fingerprint density at radius 1 is 1.20 bits per heavy atom. The monoisotopic (exact) mass is 207 g/mol. The zero-order chi connectivity index (χ0) is 11.0. The van der Waals surface area contributed by atoms with Crippen molar-refractivity contribution in [2.75, 3.05) is 0 Å². The van der Waals surface area contributed by atoms with Crippen molar-refractivity contribution in [1.29, 1.82) is 0 Å². The number of halogens is 1. The molecule has 0 amide bonds. The zero-order valence-electron chi connectivity index (χ0n) is 8.45. The molecule has 2 aromatic rings. The number of oxazole rings is 1. The fraction of sp³-hybridized carbons (Fsp3) is 0.182. The molecule has 0 unspecified atom stereocenters. The number of hydrogen-bond acceptors (Lipinski definition) is 2. The molecule has 1 aromatic carbocycles. The molecule has 0 spiro atoms. The number of nitrogens with zero attached hydrogens (tertiary/aromatic N) is 1. The summed E-state index contributed by atoms with van der Waals surface area (Å²) in [6.07, 6.45) is 0. The Bertz CT molecular complexity index is 488. The summed E-state index contributed by atoms with van der Waals surface area (Å²) in [5, 5.41) is 11.6. The summed E-state index contributed by atoms with van der Waals surface area (Å²) in [4.78, 5) is 0. The molecule has 1 aromatic heterocycles. The average Bonchev–Trinajstić information content (AvgIpc) is 2.47. The highest BCUT2D eigenvalue weighted by atomic mass is 19.1. The van der Waals surface area contributed by atoms with E-state index in [1.54, 1.807) is 13.8 Å². The summed E-state index contributed by atoms with van der Waals surface area (Å²) in [5.74, 6) is 0.436. The largest absolute Gasteiger partial charge is 0.616 e. The predicted octanol–water partition coefficient (Wildman–Crippen LogP) is 2.34. The summed E-state index contributed by atoms with van der Waals surface area (Å²) >= 11 is 0. The highest BCUT2D eigenvalue weighted by molar-refractivity contribution is 5.50. The first-order valence-electron chi connectivity index (χ1n) is 4.55. The standard InChI is InChI=1S/C11H10FNO2/c1-7-8(2)15-11(13(7)14)9-3-5-10(12)6-4-9/h3-6H,1-2H3. The van der Waals surface area contributed by atoms with Crippen molar-refractivity contribution in [1.82, 2.24) is 0 Å². The van der Waals surface area contributed by atoms with Crippen LogP contribution < -0.4 is 4.73 Å². The third-order valence-electron chi connectivity index (χ3n) is 2.34. The van der Waals surface area contributed by atoms with Gasteiger partial charge in [0, 0.05) is 13.8 Å². The van der Waals surface area contributed by atoms with Gasteiger partial charge in [0.05, 0.1) is 5.56 Å². The van der Waals surface area contributed by atoms with E-state index in [9.17, 15) is 9.60 Å². The lowest BCUT2D eigenvalue weighted by molar-refractivity contribution is -0.602. The molecule has 0 bridgehead atoms. The van der Waals surface area contributed by atoms with Crippen molar-refractivity contribution in [2.45, 2.75) is 13.8 Å². The van der Waals surface area contributed by atoms with Gasteiger partial charge in [0.2, 0.25) is 5.69 Å². The van der Waals surface area contributed by atoms with Gasteiger partial charge >= 0.3 is 5.89 Å². The summed E-state index contributed by atoms with van der Waals surface area (Å²) in [6, 6.07) is 5.62. The zero-order valence-corrected chi connectivity index (χ0v) is 8.45. The van der Waals surface area contributed by atoms with Crippen LogP contribution in [0.3, 0.4) is 0 Å². The summed E-state index contributed by atoms with van der Waals surface area (Å²) in [5.41, 5.74) is 1.09. The maximum absolute atomic E-state index is 12.7. The quantitative estimate of drug-likeness (QED) is 0.532. The predicted molar refractivity (Wildman–Crippen MR) is 52.5 cm³/mol. The minimum Gasteiger partial charge on any atom is -0.616 e. The van der Waals surface area contributed by atoms with Crippen LogP contribution in [0.25, 0.3) is 11.5 Å². The Morgan fingerprint density at radius 3 is 2.27 bits per heavy atom. The summed E-state index contributed by atoms with van der Waals surface area (Å²) < 4.78 is 18.7. The average molecular weight is 207 g/mol. The molecule has 0 aliphatic rings. The van der Waals surface area contributed by atoms with E-state index in [2.05, 4.69) is 0 Å². The molecule has 0 aliphatic carbocycles. The van der Waals surface area contributed by atoms with E-state index in [-0.39, 0.29) is 11.7 Å². The maximum Gasteiger partial charge on any atom is 0.392 e. The van der Waals surface area contributed by atoms with Crippen LogP contribution in [-0.4, -0.2) is 0 Å². The molecular formula is C11H10FNO2. The van der Waals surface area contributed by atoms with Gasteiger partial charge in [0.25, 0.3) is 0 Å². The van der Waals surface area contributed by atoms with Crippen molar-refractivity contribution in [3.63, 3.8) is 0 Å². The molecule has 0 saturated carbocycles. The first-order chi connectivity index (χ1) is 7.09. The Hall–Kier alpha value is -1.84. The van der Waals surface area contributed by atoms with Crippen LogP contribution in [0.4, 0.5) is 4.39 Å². The van der Waals surface area contributed by atoms with Crippen molar-refractivity contribution in [3.05, 3.63) is 46.7 Å². The van der Waals surface area contributed by atoms with E-state index in [4.69, 9.17) is 4.42 Å². The molecule has 0 N–H and O–H groups in total. The smallest absolute Gasteiger partial charge is 0.392 e. The van der Waals surface area contributed by atoms with E-state index < -0.39 is 0 Å². The second-order valence-electron chi connectivity index (χ2n) is 3.35. The first kappa shape index (κ1) is 9.71. The number of rotatable bonds is 1. The first-order valence-corrected chi connectivity index (χ1v) is 4.55. The highest BCUT2D eigenvalue weighted by Crippen LogP contribution is 2.19. The van der Waals surface area contributed by atoms with Gasteiger partial charge < -0.3 is 9.62 Å². The SMILES string of the molecule is Cc1oc(-c2ccc(F)cc2)[n+]([O-])c1C. The third kappa shape index (κ3) is 1.58. The van der Waals surface area contributed by atoms with Gasteiger partial charge in [-0.05, 0) is 24.3 Å². The van der Waals surface area contributed by atoms with E-state index >= 15 is 0 Å². The Labute approximate surface area is 86.4 Å².